The molecule has 164 valence electrons. The molecule has 0 unspecified atom stereocenters. The number of nitrogens with one attached hydrogen (secondary N) is 1. The van der Waals surface area contributed by atoms with Gasteiger partial charge in [0.25, 0.3) is 0 Å². The quantitative estimate of drug-likeness (QED) is 0.558. The van der Waals surface area contributed by atoms with E-state index in [4.69, 9.17) is 4.74 Å². The van der Waals surface area contributed by atoms with E-state index in [1.54, 1.807) is 18.1 Å². The van der Waals surface area contributed by atoms with Crippen molar-refractivity contribution in [3.8, 4) is 22.9 Å². The molecule has 0 atom stereocenters. The van der Waals surface area contributed by atoms with Crippen LogP contribution in [0.1, 0.15) is 11.1 Å². The topological polar surface area (TPSA) is 68.6 Å². The molecule has 3 aromatic rings. The molecule has 0 aliphatic heterocycles. The van der Waals surface area contributed by atoms with E-state index in [9.17, 15) is 10.1 Å². The van der Waals surface area contributed by atoms with Crippen molar-refractivity contribution in [1.82, 2.24) is 9.80 Å². The number of anilines is 1. The monoisotopic (exact) mass is 428 g/mol. The first kappa shape index (κ1) is 22.9. The van der Waals surface area contributed by atoms with Crippen LogP contribution in [-0.4, -0.2) is 50.1 Å². The maximum absolute atomic E-state index is 13.2. The molecule has 1 N–H and O–H groups in total. The maximum atomic E-state index is 13.2. The lowest BCUT2D eigenvalue weighted by atomic mass is 10.00. The molecule has 0 bridgehead atoms. The first-order valence-electron chi connectivity index (χ1n) is 10.4. The Morgan fingerprint density at radius 3 is 2.53 bits per heavy atom. The van der Waals surface area contributed by atoms with Crippen molar-refractivity contribution in [3.05, 3.63) is 83.9 Å². The standard InChI is InChI=1S/C26H28N4O2/c1-29(2)14-15-30(19-20-8-6-12-24(16-20)32-3)26(31)28-23-11-7-10-21(17-23)25-13-5-4-9-22(25)18-27/h4-13,16-17H,14-15,19H2,1-3H3,(H,28,31). The van der Waals surface area contributed by atoms with Crippen LogP contribution in [0, 0.1) is 11.3 Å². The second-order valence-corrected chi connectivity index (χ2v) is 7.74. The van der Waals surface area contributed by atoms with Crippen LogP contribution in [0.5, 0.6) is 5.75 Å². The number of hydrogen-bond acceptors (Lipinski definition) is 4. The van der Waals surface area contributed by atoms with E-state index in [0.29, 0.717) is 24.3 Å². The number of nitriles is 1. The Morgan fingerprint density at radius 2 is 1.78 bits per heavy atom. The molecule has 0 fully saturated rings. The minimum absolute atomic E-state index is 0.180. The summed E-state index contributed by atoms with van der Waals surface area (Å²) in [5.74, 6) is 0.763. The van der Waals surface area contributed by atoms with Gasteiger partial charge in [0.2, 0.25) is 0 Å². The minimum Gasteiger partial charge on any atom is -0.497 e. The molecule has 0 saturated carbocycles. The largest absolute Gasteiger partial charge is 0.497 e. The highest BCUT2D eigenvalue weighted by Crippen LogP contribution is 2.26. The Kier molecular flexibility index (Phi) is 7.85. The molecule has 3 aromatic carbocycles. The molecule has 6 heteroatoms. The lowest BCUT2D eigenvalue weighted by molar-refractivity contribution is 0.202. The summed E-state index contributed by atoms with van der Waals surface area (Å²) in [6.07, 6.45) is 0. The number of urea groups is 1. The number of ether oxygens (including phenoxy) is 1. The van der Waals surface area contributed by atoms with Gasteiger partial charge in [-0.1, -0.05) is 42.5 Å². The van der Waals surface area contributed by atoms with Gasteiger partial charge in [-0.3, -0.25) is 0 Å². The van der Waals surface area contributed by atoms with E-state index < -0.39 is 0 Å². The fraction of sp³-hybridized carbons (Fsp3) is 0.231. The van der Waals surface area contributed by atoms with Crippen LogP contribution in [0.25, 0.3) is 11.1 Å². The lowest BCUT2D eigenvalue weighted by Crippen LogP contribution is -2.39. The molecular weight excluding hydrogens is 400 g/mol. The Hall–Kier alpha value is -3.82. The van der Waals surface area contributed by atoms with Gasteiger partial charge in [-0.2, -0.15) is 5.26 Å². The average molecular weight is 429 g/mol. The molecule has 2 amide bonds. The third-order valence-electron chi connectivity index (χ3n) is 5.08. The number of amides is 2. The molecule has 0 radical (unpaired) electrons. The fourth-order valence-electron chi connectivity index (χ4n) is 3.36. The molecule has 0 aromatic heterocycles. The van der Waals surface area contributed by atoms with Crippen molar-refractivity contribution in [2.45, 2.75) is 6.54 Å². The van der Waals surface area contributed by atoms with Crippen molar-refractivity contribution < 1.29 is 9.53 Å². The van der Waals surface area contributed by atoms with E-state index >= 15 is 0 Å². The molecule has 32 heavy (non-hydrogen) atoms. The van der Waals surface area contributed by atoms with Crippen molar-refractivity contribution in [3.63, 3.8) is 0 Å². The van der Waals surface area contributed by atoms with E-state index in [2.05, 4.69) is 11.4 Å². The van der Waals surface area contributed by atoms with Gasteiger partial charge in [0.1, 0.15) is 5.75 Å². The zero-order chi connectivity index (χ0) is 22.9. The van der Waals surface area contributed by atoms with Crippen LogP contribution >= 0.6 is 0 Å². The normalized spacial score (nSPS) is 10.5. The SMILES string of the molecule is COc1cccc(CN(CCN(C)C)C(=O)Nc2cccc(-c3ccccc3C#N)c2)c1. The summed E-state index contributed by atoms with van der Waals surface area (Å²) in [7, 11) is 5.60. The maximum Gasteiger partial charge on any atom is 0.322 e. The molecule has 0 saturated heterocycles. The second-order valence-electron chi connectivity index (χ2n) is 7.74. The summed E-state index contributed by atoms with van der Waals surface area (Å²) in [5.41, 5.74) is 4.00. The molecule has 0 aliphatic rings. The number of hydrogen-bond donors (Lipinski definition) is 1. The number of benzene rings is 3. The van der Waals surface area contributed by atoms with Gasteiger partial charge < -0.3 is 19.9 Å². The Bertz CT molecular complexity index is 1100. The van der Waals surface area contributed by atoms with Crippen LogP contribution in [0.2, 0.25) is 0 Å². The van der Waals surface area contributed by atoms with Gasteiger partial charge in [0.15, 0.2) is 0 Å². The Morgan fingerprint density at radius 1 is 1.00 bits per heavy atom. The molecule has 0 spiro atoms. The van der Waals surface area contributed by atoms with Crippen LogP contribution in [-0.2, 0) is 6.54 Å². The number of likely N-dealkylation sites (N-methyl/N-ethyl adjacent to an activating group) is 1. The predicted molar refractivity (Wildman–Crippen MR) is 128 cm³/mol. The summed E-state index contributed by atoms with van der Waals surface area (Å²) in [4.78, 5) is 17.0. The minimum atomic E-state index is -0.180. The number of carbonyl (C=O) groups excluding carboxylic acids is 1. The van der Waals surface area contributed by atoms with Crippen LogP contribution in [0.4, 0.5) is 10.5 Å². The number of rotatable bonds is 8. The van der Waals surface area contributed by atoms with E-state index in [1.165, 1.54) is 0 Å². The van der Waals surface area contributed by atoms with Crippen molar-refractivity contribution >= 4 is 11.7 Å². The summed E-state index contributed by atoms with van der Waals surface area (Å²) >= 11 is 0. The van der Waals surface area contributed by atoms with Gasteiger partial charge in [0, 0.05) is 25.3 Å². The summed E-state index contributed by atoms with van der Waals surface area (Å²) in [6.45, 7) is 1.79. The Balaban J connectivity index is 1.80. The molecular formula is C26H28N4O2. The number of methoxy groups -OCH3 is 1. The zero-order valence-corrected chi connectivity index (χ0v) is 18.7. The van der Waals surface area contributed by atoms with E-state index in [-0.39, 0.29) is 6.03 Å². The third-order valence-corrected chi connectivity index (χ3v) is 5.08. The Labute approximate surface area is 189 Å². The number of carbonyl (C=O) groups is 1. The van der Waals surface area contributed by atoms with Gasteiger partial charge in [0.05, 0.1) is 18.7 Å². The van der Waals surface area contributed by atoms with Crippen molar-refractivity contribution in [2.24, 2.45) is 0 Å². The summed E-state index contributed by atoms with van der Waals surface area (Å²) < 4.78 is 5.31. The van der Waals surface area contributed by atoms with Crippen LogP contribution in [0.3, 0.4) is 0 Å². The fourth-order valence-corrected chi connectivity index (χ4v) is 3.36. The van der Waals surface area contributed by atoms with Gasteiger partial charge in [-0.05, 0) is 61.1 Å². The van der Waals surface area contributed by atoms with E-state index in [1.807, 2.05) is 85.7 Å². The van der Waals surface area contributed by atoms with Crippen molar-refractivity contribution in [2.75, 3.05) is 39.6 Å². The third kappa shape index (κ3) is 6.10. The van der Waals surface area contributed by atoms with Crippen molar-refractivity contribution in [1.29, 1.82) is 5.26 Å². The average Bonchev–Trinajstić information content (AvgIpc) is 2.81. The molecule has 0 heterocycles. The summed E-state index contributed by atoms with van der Waals surface area (Å²) in [6, 6.07) is 24.8. The first-order valence-corrected chi connectivity index (χ1v) is 10.4. The summed E-state index contributed by atoms with van der Waals surface area (Å²) in [5, 5.41) is 12.4. The highest BCUT2D eigenvalue weighted by molar-refractivity contribution is 5.90. The van der Waals surface area contributed by atoms with Crippen LogP contribution < -0.4 is 10.1 Å². The first-order chi connectivity index (χ1) is 15.5. The van der Waals surface area contributed by atoms with Gasteiger partial charge in [-0.25, -0.2) is 4.79 Å². The second kappa shape index (κ2) is 11.0. The highest BCUT2D eigenvalue weighted by atomic mass is 16.5. The predicted octanol–water partition coefficient (Wildman–Crippen LogP) is 4.83. The molecule has 3 rings (SSSR count). The number of nitrogens with zero attached hydrogens (tertiary/aromatic N) is 3. The van der Waals surface area contributed by atoms with Crippen LogP contribution in [0.15, 0.2) is 72.8 Å². The zero-order valence-electron chi connectivity index (χ0n) is 18.7. The molecule has 6 nitrogen and oxygen atoms in total. The smallest absolute Gasteiger partial charge is 0.322 e. The van der Waals surface area contributed by atoms with E-state index in [0.717, 1.165) is 29.0 Å². The van der Waals surface area contributed by atoms with Gasteiger partial charge in [-0.15, -0.1) is 0 Å². The van der Waals surface area contributed by atoms with Gasteiger partial charge >= 0.3 is 6.03 Å². The molecule has 0 aliphatic carbocycles. The lowest BCUT2D eigenvalue weighted by Gasteiger charge is -2.25. The highest BCUT2D eigenvalue weighted by Gasteiger charge is 2.15.